The fourth-order valence-electron chi connectivity index (χ4n) is 3.26. The van der Waals surface area contributed by atoms with Crippen molar-refractivity contribution in [1.29, 1.82) is 0 Å². The van der Waals surface area contributed by atoms with Gasteiger partial charge in [-0.05, 0) is 37.5 Å². The second-order valence-electron chi connectivity index (χ2n) is 7.10. The number of benzene rings is 1. The van der Waals surface area contributed by atoms with Crippen molar-refractivity contribution in [3.05, 3.63) is 46.5 Å². The number of carboxylic acids is 1. The Morgan fingerprint density at radius 1 is 1.32 bits per heavy atom. The number of esters is 1. The molecule has 0 bridgehead atoms. The van der Waals surface area contributed by atoms with Crippen LogP contribution in [-0.2, 0) is 23.8 Å². The van der Waals surface area contributed by atoms with Crippen LogP contribution in [0, 0.1) is 0 Å². The molecule has 1 heterocycles. The molecule has 1 aliphatic rings. The molecule has 1 N–H and O–H groups in total. The molecule has 31 heavy (non-hydrogen) atoms. The topological polar surface area (TPSA) is 102 Å². The molecule has 2 atom stereocenters. The van der Waals surface area contributed by atoms with Gasteiger partial charge in [-0.3, -0.25) is 4.90 Å². The summed E-state index contributed by atoms with van der Waals surface area (Å²) in [5.74, 6) is -1.54. The first-order chi connectivity index (χ1) is 14.7. The predicted octanol–water partition coefficient (Wildman–Crippen LogP) is 3.89. The summed E-state index contributed by atoms with van der Waals surface area (Å²) < 4.78 is 15.0. The van der Waals surface area contributed by atoms with E-state index in [9.17, 15) is 19.5 Å². The number of carbonyl (C=O) groups is 3. The zero-order valence-electron chi connectivity index (χ0n) is 17.6. The quantitative estimate of drug-likeness (QED) is 0.343. The Labute approximate surface area is 190 Å². The summed E-state index contributed by atoms with van der Waals surface area (Å²) in [5, 5.41) is 9.55. The standard InChI is InChI=1S/C21H26ClNO7S/c1-13(2)30-21(27)29-12-31-17-8-9-23(11-14(17)10-18(24)25)19(20(26)28-3)15-6-4-5-7-16(15)22/h4-7,10,13,17,19H,8-9,11-12H2,1-3H3,(H,24,25)/b14-10-/t17?,19-/m0/s1. The number of halogens is 1. The molecule has 1 aromatic carbocycles. The molecule has 0 radical (unpaired) electrons. The summed E-state index contributed by atoms with van der Waals surface area (Å²) in [4.78, 5) is 37.4. The first-order valence-corrected chi connectivity index (χ1v) is 11.1. The van der Waals surface area contributed by atoms with Gasteiger partial charge in [0, 0.05) is 29.4 Å². The van der Waals surface area contributed by atoms with Crippen LogP contribution >= 0.6 is 23.4 Å². The molecule has 1 saturated heterocycles. The molecular formula is C21H26ClNO7S. The third-order valence-electron chi connectivity index (χ3n) is 4.55. The van der Waals surface area contributed by atoms with E-state index in [1.54, 1.807) is 38.1 Å². The molecule has 1 aliphatic heterocycles. The van der Waals surface area contributed by atoms with E-state index in [4.69, 9.17) is 25.8 Å². The van der Waals surface area contributed by atoms with Gasteiger partial charge in [-0.15, -0.1) is 11.8 Å². The Balaban J connectivity index is 2.15. The van der Waals surface area contributed by atoms with Gasteiger partial charge >= 0.3 is 18.1 Å². The summed E-state index contributed by atoms with van der Waals surface area (Å²) in [6.07, 6.45) is 0.623. The van der Waals surface area contributed by atoms with Crippen LogP contribution in [0.15, 0.2) is 35.9 Å². The van der Waals surface area contributed by atoms with Crippen molar-refractivity contribution >= 4 is 41.5 Å². The number of carbonyl (C=O) groups excluding carboxylic acids is 2. The van der Waals surface area contributed by atoms with E-state index in [1.807, 2.05) is 4.90 Å². The molecule has 8 nitrogen and oxygen atoms in total. The monoisotopic (exact) mass is 471 g/mol. The van der Waals surface area contributed by atoms with E-state index >= 15 is 0 Å². The highest BCUT2D eigenvalue weighted by Gasteiger charge is 2.35. The molecule has 0 amide bonds. The lowest BCUT2D eigenvalue weighted by Gasteiger charge is -2.37. The minimum absolute atomic E-state index is 0.0259. The molecule has 10 heteroatoms. The number of likely N-dealkylation sites (tertiary alicyclic amines) is 1. The minimum Gasteiger partial charge on any atom is -0.478 e. The molecule has 1 aromatic rings. The first kappa shape index (κ1) is 25.0. The van der Waals surface area contributed by atoms with E-state index in [2.05, 4.69) is 0 Å². The third-order valence-corrected chi connectivity index (χ3v) is 6.09. The minimum atomic E-state index is -1.09. The van der Waals surface area contributed by atoms with E-state index in [0.717, 1.165) is 6.08 Å². The number of ether oxygens (including phenoxy) is 3. The average molecular weight is 472 g/mol. The summed E-state index contributed by atoms with van der Waals surface area (Å²) in [6.45, 7) is 4.16. The number of piperidine rings is 1. The second kappa shape index (κ2) is 12.0. The highest BCUT2D eigenvalue weighted by Crippen LogP contribution is 2.35. The molecular weight excluding hydrogens is 446 g/mol. The molecule has 0 aromatic heterocycles. The maximum atomic E-state index is 12.6. The maximum Gasteiger partial charge on any atom is 0.509 e. The zero-order valence-corrected chi connectivity index (χ0v) is 19.1. The van der Waals surface area contributed by atoms with Crippen molar-refractivity contribution in [2.45, 2.75) is 37.7 Å². The van der Waals surface area contributed by atoms with Crippen molar-refractivity contribution in [3.63, 3.8) is 0 Å². The Hall–Kier alpha value is -2.23. The number of aliphatic carboxylic acids is 1. The largest absolute Gasteiger partial charge is 0.509 e. The first-order valence-electron chi connectivity index (χ1n) is 9.67. The second-order valence-corrected chi connectivity index (χ2v) is 8.64. The van der Waals surface area contributed by atoms with Crippen LogP contribution in [0.3, 0.4) is 0 Å². The van der Waals surface area contributed by atoms with E-state index in [0.29, 0.717) is 29.1 Å². The van der Waals surface area contributed by atoms with E-state index in [1.165, 1.54) is 18.9 Å². The molecule has 0 aliphatic carbocycles. The SMILES string of the molecule is COC(=O)[C@H](c1ccccc1Cl)N1CCC(SCOC(=O)OC(C)C)/C(=C\C(=O)O)C1. The van der Waals surface area contributed by atoms with Gasteiger partial charge in [0.2, 0.25) is 0 Å². The van der Waals surface area contributed by atoms with Crippen LogP contribution in [0.25, 0.3) is 0 Å². The number of hydrogen-bond donors (Lipinski definition) is 1. The van der Waals surface area contributed by atoms with Gasteiger partial charge < -0.3 is 19.3 Å². The Morgan fingerprint density at radius 2 is 2.03 bits per heavy atom. The van der Waals surface area contributed by atoms with E-state index in [-0.39, 0.29) is 23.8 Å². The fraction of sp³-hybridized carbons (Fsp3) is 0.476. The van der Waals surface area contributed by atoms with Crippen LogP contribution in [0.2, 0.25) is 5.02 Å². The number of hydrogen-bond acceptors (Lipinski definition) is 8. The van der Waals surface area contributed by atoms with Crippen LogP contribution < -0.4 is 0 Å². The van der Waals surface area contributed by atoms with Gasteiger partial charge in [0.15, 0.2) is 0 Å². The molecule has 2 rings (SSSR count). The molecule has 1 fully saturated rings. The van der Waals surface area contributed by atoms with Crippen LogP contribution in [0.5, 0.6) is 0 Å². The molecule has 170 valence electrons. The van der Waals surface area contributed by atoms with Gasteiger partial charge in [-0.2, -0.15) is 0 Å². The summed E-state index contributed by atoms with van der Waals surface area (Å²) in [6, 6.07) is 6.22. The number of nitrogens with zero attached hydrogens (tertiary/aromatic N) is 1. The van der Waals surface area contributed by atoms with Crippen LogP contribution in [0.4, 0.5) is 4.79 Å². The maximum absolute atomic E-state index is 12.6. The van der Waals surface area contributed by atoms with Gasteiger partial charge in [0.1, 0.15) is 12.0 Å². The normalized spacial score (nSPS) is 19.1. The number of carboxylic acid groups (broad SMARTS) is 1. The van der Waals surface area contributed by atoms with Gasteiger partial charge in [0.05, 0.1) is 13.2 Å². The molecule has 0 saturated carbocycles. The third kappa shape index (κ3) is 7.45. The molecule has 1 unspecified atom stereocenters. The highest BCUT2D eigenvalue weighted by molar-refractivity contribution is 7.99. The lowest BCUT2D eigenvalue weighted by atomic mass is 9.98. The van der Waals surface area contributed by atoms with Crippen LogP contribution in [0.1, 0.15) is 31.9 Å². The smallest absolute Gasteiger partial charge is 0.478 e. The lowest BCUT2D eigenvalue weighted by Crippen LogP contribution is -2.43. The Kier molecular flexibility index (Phi) is 9.67. The highest BCUT2D eigenvalue weighted by atomic mass is 35.5. The van der Waals surface area contributed by atoms with Crippen LogP contribution in [-0.4, -0.2) is 65.6 Å². The van der Waals surface area contributed by atoms with Crippen molar-refractivity contribution in [1.82, 2.24) is 4.90 Å². The Bertz CT molecular complexity index is 830. The average Bonchev–Trinajstić information content (AvgIpc) is 2.70. The fourth-order valence-corrected chi connectivity index (χ4v) is 4.46. The van der Waals surface area contributed by atoms with Crippen molar-refractivity contribution < 1.29 is 33.7 Å². The van der Waals surface area contributed by atoms with Crippen molar-refractivity contribution in [3.8, 4) is 0 Å². The van der Waals surface area contributed by atoms with Crippen molar-refractivity contribution in [2.24, 2.45) is 0 Å². The summed E-state index contributed by atoms with van der Waals surface area (Å²) in [7, 11) is 1.30. The molecule has 0 spiro atoms. The number of thioether (sulfide) groups is 1. The predicted molar refractivity (Wildman–Crippen MR) is 117 cm³/mol. The Morgan fingerprint density at radius 3 is 2.65 bits per heavy atom. The van der Waals surface area contributed by atoms with Gasteiger partial charge in [-0.1, -0.05) is 29.8 Å². The number of methoxy groups -OCH3 is 1. The zero-order chi connectivity index (χ0) is 23.0. The van der Waals surface area contributed by atoms with Crippen molar-refractivity contribution in [2.75, 3.05) is 26.1 Å². The lowest BCUT2D eigenvalue weighted by molar-refractivity contribution is -0.147. The summed E-state index contributed by atoms with van der Waals surface area (Å²) in [5.41, 5.74) is 1.20. The van der Waals surface area contributed by atoms with Gasteiger partial charge in [0.25, 0.3) is 0 Å². The number of rotatable bonds is 8. The summed E-state index contributed by atoms with van der Waals surface area (Å²) >= 11 is 7.62. The van der Waals surface area contributed by atoms with E-state index < -0.39 is 24.1 Å². The van der Waals surface area contributed by atoms with Gasteiger partial charge in [-0.25, -0.2) is 14.4 Å².